The van der Waals surface area contributed by atoms with Gasteiger partial charge in [-0.1, -0.05) is 18.2 Å². The smallest absolute Gasteiger partial charge is 0.255 e. The van der Waals surface area contributed by atoms with Crippen molar-refractivity contribution in [2.24, 2.45) is 0 Å². The largest absolute Gasteiger partial charge is 0.322 e. The Bertz CT molecular complexity index is 1240. The van der Waals surface area contributed by atoms with Crippen LogP contribution in [0.3, 0.4) is 0 Å². The highest BCUT2D eigenvalue weighted by Crippen LogP contribution is 2.18. The Morgan fingerprint density at radius 2 is 1.71 bits per heavy atom. The number of Topliss-reactive ketones (excluding diaryl/α,β-unsaturated/α-hetero) is 1. The molecule has 0 saturated carbocycles. The van der Waals surface area contributed by atoms with Crippen molar-refractivity contribution in [1.29, 1.82) is 0 Å². The van der Waals surface area contributed by atoms with Crippen molar-refractivity contribution in [3.8, 4) is 11.4 Å². The van der Waals surface area contributed by atoms with Gasteiger partial charge in [-0.05, 0) is 72.3 Å². The number of aromatic nitrogens is 4. The van der Waals surface area contributed by atoms with E-state index in [0.29, 0.717) is 33.8 Å². The number of halogens is 1. The van der Waals surface area contributed by atoms with E-state index in [0.717, 1.165) is 0 Å². The monoisotopic (exact) mass is 415 g/mol. The average molecular weight is 415 g/mol. The van der Waals surface area contributed by atoms with E-state index in [1.807, 2.05) is 6.07 Å². The van der Waals surface area contributed by atoms with Gasteiger partial charge in [0.1, 0.15) is 12.4 Å². The van der Waals surface area contributed by atoms with Gasteiger partial charge in [0.05, 0.1) is 0 Å². The summed E-state index contributed by atoms with van der Waals surface area (Å²) < 4.78 is 13.4. The molecule has 0 atom stereocenters. The van der Waals surface area contributed by atoms with E-state index in [1.54, 1.807) is 67.6 Å². The molecular weight excluding hydrogens is 397 g/mol. The molecule has 4 rings (SSSR count). The number of benzene rings is 3. The third-order valence-electron chi connectivity index (χ3n) is 4.65. The molecule has 0 radical (unpaired) electrons. The van der Waals surface area contributed by atoms with Crippen molar-refractivity contribution >= 4 is 17.4 Å². The minimum atomic E-state index is -0.310. The predicted molar refractivity (Wildman–Crippen MR) is 113 cm³/mol. The van der Waals surface area contributed by atoms with Gasteiger partial charge >= 0.3 is 0 Å². The maximum Gasteiger partial charge on any atom is 0.255 e. The van der Waals surface area contributed by atoms with Crippen LogP contribution in [-0.2, 0) is 6.54 Å². The highest BCUT2D eigenvalue weighted by atomic mass is 19.1. The summed E-state index contributed by atoms with van der Waals surface area (Å²) in [4.78, 5) is 26.0. The van der Waals surface area contributed by atoms with Crippen molar-refractivity contribution in [2.75, 3.05) is 5.32 Å². The number of hydrogen-bond acceptors (Lipinski definition) is 5. The molecule has 154 valence electrons. The third kappa shape index (κ3) is 4.69. The SMILES string of the molecule is Cc1cc(-c2nnn(CC(=O)c3ccc(NC(=O)c4ccccc4)cc3)n2)ccc1F. The van der Waals surface area contributed by atoms with Crippen LogP contribution in [0.2, 0.25) is 0 Å². The normalized spacial score (nSPS) is 10.6. The molecule has 0 aliphatic carbocycles. The molecule has 0 aliphatic rings. The van der Waals surface area contributed by atoms with Crippen LogP contribution < -0.4 is 5.32 Å². The van der Waals surface area contributed by atoms with Crippen molar-refractivity contribution in [1.82, 2.24) is 20.2 Å². The second-order valence-corrected chi connectivity index (χ2v) is 6.93. The zero-order valence-corrected chi connectivity index (χ0v) is 16.6. The second kappa shape index (κ2) is 8.66. The molecule has 4 aromatic rings. The Hall–Kier alpha value is -4.20. The summed E-state index contributed by atoms with van der Waals surface area (Å²) in [6.07, 6.45) is 0. The van der Waals surface area contributed by atoms with Gasteiger partial charge in [-0.15, -0.1) is 10.2 Å². The van der Waals surface area contributed by atoms with Crippen LogP contribution in [0, 0.1) is 12.7 Å². The molecule has 0 unspecified atom stereocenters. The third-order valence-corrected chi connectivity index (χ3v) is 4.65. The number of ketones is 1. The first-order chi connectivity index (χ1) is 15.0. The van der Waals surface area contributed by atoms with E-state index in [9.17, 15) is 14.0 Å². The zero-order valence-electron chi connectivity index (χ0n) is 16.6. The average Bonchev–Trinajstić information content (AvgIpc) is 3.25. The fraction of sp³-hybridized carbons (Fsp3) is 0.0870. The van der Waals surface area contributed by atoms with Crippen LogP contribution in [0.25, 0.3) is 11.4 Å². The summed E-state index contributed by atoms with van der Waals surface area (Å²) in [7, 11) is 0. The van der Waals surface area contributed by atoms with Gasteiger partial charge in [-0.3, -0.25) is 9.59 Å². The highest BCUT2D eigenvalue weighted by Gasteiger charge is 2.13. The summed E-state index contributed by atoms with van der Waals surface area (Å²) >= 11 is 0. The van der Waals surface area contributed by atoms with Crippen LogP contribution in [-0.4, -0.2) is 31.9 Å². The standard InChI is InChI=1S/C23H18FN5O2/c1-15-13-18(9-12-20(15)24)22-26-28-29(27-22)14-21(30)16-7-10-19(11-8-16)25-23(31)17-5-3-2-4-6-17/h2-13H,14H2,1H3,(H,25,31). The van der Waals surface area contributed by atoms with Crippen LogP contribution in [0.5, 0.6) is 0 Å². The fourth-order valence-corrected chi connectivity index (χ4v) is 2.96. The molecule has 31 heavy (non-hydrogen) atoms. The van der Waals surface area contributed by atoms with Crippen molar-refractivity contribution in [3.05, 3.63) is 95.3 Å². The highest BCUT2D eigenvalue weighted by molar-refractivity contribution is 6.04. The Kier molecular flexibility index (Phi) is 5.61. The molecule has 1 aromatic heterocycles. The van der Waals surface area contributed by atoms with Gasteiger partial charge in [0.15, 0.2) is 5.78 Å². The molecule has 3 aromatic carbocycles. The summed E-state index contributed by atoms with van der Waals surface area (Å²) in [6.45, 7) is 1.56. The maximum absolute atomic E-state index is 13.4. The Balaban J connectivity index is 1.40. The first-order valence-electron chi connectivity index (χ1n) is 9.53. The lowest BCUT2D eigenvalue weighted by molar-refractivity contribution is 0.0960. The molecule has 0 saturated heterocycles. The molecule has 1 N–H and O–H groups in total. The number of carbonyl (C=O) groups is 2. The minimum Gasteiger partial charge on any atom is -0.322 e. The minimum absolute atomic E-state index is 0.0943. The van der Waals surface area contributed by atoms with E-state index >= 15 is 0 Å². The summed E-state index contributed by atoms with van der Waals surface area (Å²) in [5.74, 6) is -0.431. The summed E-state index contributed by atoms with van der Waals surface area (Å²) in [5.41, 5.74) is 2.68. The Morgan fingerprint density at radius 3 is 2.42 bits per heavy atom. The van der Waals surface area contributed by atoms with Crippen molar-refractivity contribution in [2.45, 2.75) is 13.5 Å². The predicted octanol–water partition coefficient (Wildman–Crippen LogP) is 3.92. The number of carbonyl (C=O) groups excluding carboxylic acids is 2. The fourth-order valence-electron chi connectivity index (χ4n) is 2.96. The lowest BCUT2D eigenvalue weighted by Crippen LogP contribution is -2.14. The molecule has 1 amide bonds. The van der Waals surface area contributed by atoms with Crippen molar-refractivity contribution < 1.29 is 14.0 Å². The van der Waals surface area contributed by atoms with E-state index in [4.69, 9.17) is 0 Å². The van der Waals surface area contributed by atoms with Crippen LogP contribution >= 0.6 is 0 Å². The Morgan fingerprint density at radius 1 is 0.968 bits per heavy atom. The second-order valence-electron chi connectivity index (χ2n) is 6.93. The topological polar surface area (TPSA) is 89.8 Å². The molecule has 8 heteroatoms. The van der Waals surface area contributed by atoms with E-state index in [-0.39, 0.29) is 24.1 Å². The molecule has 1 heterocycles. The molecule has 7 nitrogen and oxygen atoms in total. The molecular formula is C23H18FN5O2. The number of rotatable bonds is 6. The summed E-state index contributed by atoms with van der Waals surface area (Å²) in [5, 5.41) is 14.8. The van der Waals surface area contributed by atoms with Gasteiger partial charge in [0, 0.05) is 22.4 Å². The number of aryl methyl sites for hydroxylation is 1. The van der Waals surface area contributed by atoms with E-state index in [2.05, 4.69) is 20.7 Å². The first-order valence-corrected chi connectivity index (χ1v) is 9.53. The van der Waals surface area contributed by atoms with Crippen molar-refractivity contribution in [3.63, 3.8) is 0 Å². The lowest BCUT2D eigenvalue weighted by atomic mass is 10.1. The zero-order chi connectivity index (χ0) is 21.8. The summed E-state index contributed by atoms with van der Waals surface area (Å²) in [6, 6.07) is 20.0. The number of amides is 1. The van der Waals surface area contributed by atoms with Gasteiger partial charge in [0.2, 0.25) is 5.82 Å². The van der Waals surface area contributed by atoms with Crippen LogP contribution in [0.1, 0.15) is 26.3 Å². The number of hydrogen-bond donors (Lipinski definition) is 1. The molecule has 0 fully saturated rings. The van der Waals surface area contributed by atoms with Gasteiger partial charge < -0.3 is 5.32 Å². The van der Waals surface area contributed by atoms with Gasteiger partial charge in [-0.25, -0.2) is 4.39 Å². The maximum atomic E-state index is 13.4. The molecule has 0 bridgehead atoms. The number of nitrogens with zero attached hydrogens (tertiary/aromatic N) is 4. The quantitative estimate of drug-likeness (QED) is 0.482. The Labute approximate surface area is 177 Å². The number of anilines is 1. The van der Waals surface area contributed by atoms with E-state index in [1.165, 1.54) is 10.9 Å². The van der Waals surface area contributed by atoms with Gasteiger partial charge in [0.25, 0.3) is 5.91 Å². The molecule has 0 aliphatic heterocycles. The number of nitrogens with one attached hydrogen (secondary N) is 1. The van der Waals surface area contributed by atoms with E-state index < -0.39 is 0 Å². The van der Waals surface area contributed by atoms with Crippen LogP contribution in [0.15, 0.2) is 72.8 Å². The van der Waals surface area contributed by atoms with Crippen LogP contribution in [0.4, 0.5) is 10.1 Å². The number of tetrazole rings is 1. The molecule has 0 spiro atoms. The first kappa shape index (κ1) is 20.1. The lowest BCUT2D eigenvalue weighted by Gasteiger charge is -2.06. The van der Waals surface area contributed by atoms with Gasteiger partial charge in [-0.2, -0.15) is 4.80 Å².